The highest BCUT2D eigenvalue weighted by atomic mass is 16.1. The first kappa shape index (κ1) is 14.0. The zero-order valence-electron chi connectivity index (χ0n) is 11.6. The molecule has 0 aromatic heterocycles. The molecule has 1 fully saturated rings. The lowest BCUT2D eigenvalue weighted by atomic mass is 10.0. The number of primary amides is 1. The lowest BCUT2D eigenvalue weighted by Gasteiger charge is -2.34. The molecule has 19 heavy (non-hydrogen) atoms. The minimum absolute atomic E-state index is 0.355. The van der Waals surface area contributed by atoms with Crippen molar-refractivity contribution in [1.82, 2.24) is 10.2 Å². The lowest BCUT2D eigenvalue weighted by molar-refractivity contribution is 0.1000. The minimum Gasteiger partial charge on any atom is -0.366 e. The third-order valence-electron chi connectivity index (χ3n) is 3.83. The van der Waals surface area contributed by atoms with Gasteiger partial charge in [-0.15, -0.1) is 0 Å². The van der Waals surface area contributed by atoms with E-state index in [1.807, 2.05) is 12.1 Å². The number of benzene rings is 1. The van der Waals surface area contributed by atoms with Crippen LogP contribution in [-0.2, 0) is 6.54 Å². The molecule has 1 heterocycles. The summed E-state index contributed by atoms with van der Waals surface area (Å²) in [4.78, 5) is 13.7. The van der Waals surface area contributed by atoms with Crippen LogP contribution in [0.4, 0.5) is 0 Å². The first-order valence-corrected chi connectivity index (χ1v) is 7.04. The third kappa shape index (κ3) is 3.78. The van der Waals surface area contributed by atoms with E-state index in [0.717, 1.165) is 31.7 Å². The van der Waals surface area contributed by atoms with Crippen LogP contribution in [0.2, 0.25) is 0 Å². The van der Waals surface area contributed by atoms with E-state index in [4.69, 9.17) is 5.73 Å². The van der Waals surface area contributed by atoms with Gasteiger partial charge in [-0.2, -0.15) is 0 Å². The molecule has 104 valence electrons. The van der Waals surface area contributed by atoms with Crippen LogP contribution < -0.4 is 11.1 Å². The van der Waals surface area contributed by atoms with E-state index in [0.29, 0.717) is 11.6 Å². The van der Waals surface area contributed by atoms with Crippen LogP contribution in [0.15, 0.2) is 24.3 Å². The summed E-state index contributed by atoms with van der Waals surface area (Å²) in [5.74, 6) is -0.355. The van der Waals surface area contributed by atoms with E-state index >= 15 is 0 Å². The van der Waals surface area contributed by atoms with Crippen LogP contribution in [0.3, 0.4) is 0 Å². The van der Waals surface area contributed by atoms with Crippen LogP contribution in [0.25, 0.3) is 0 Å². The lowest BCUT2D eigenvalue weighted by Crippen LogP contribution is -2.42. The van der Waals surface area contributed by atoms with Gasteiger partial charge in [-0.3, -0.25) is 9.69 Å². The molecule has 0 radical (unpaired) electrons. The minimum atomic E-state index is -0.355. The Labute approximate surface area is 115 Å². The van der Waals surface area contributed by atoms with Gasteiger partial charge in [0, 0.05) is 18.2 Å². The van der Waals surface area contributed by atoms with Crippen LogP contribution >= 0.6 is 0 Å². The van der Waals surface area contributed by atoms with Crippen molar-refractivity contribution in [3.05, 3.63) is 35.4 Å². The largest absolute Gasteiger partial charge is 0.366 e. The van der Waals surface area contributed by atoms with Crippen molar-refractivity contribution in [2.24, 2.45) is 5.73 Å². The molecule has 1 aliphatic heterocycles. The molecule has 1 aliphatic rings. The van der Waals surface area contributed by atoms with Crippen LogP contribution in [-0.4, -0.2) is 36.5 Å². The first-order valence-electron chi connectivity index (χ1n) is 7.04. The summed E-state index contributed by atoms with van der Waals surface area (Å²) in [5, 5.41) is 3.39. The molecule has 0 spiro atoms. The van der Waals surface area contributed by atoms with Gasteiger partial charge in [-0.05, 0) is 50.2 Å². The van der Waals surface area contributed by atoms with Gasteiger partial charge in [0.05, 0.1) is 0 Å². The molecule has 0 bridgehead atoms. The van der Waals surface area contributed by atoms with E-state index in [1.165, 1.54) is 12.8 Å². The van der Waals surface area contributed by atoms with E-state index in [2.05, 4.69) is 23.2 Å². The van der Waals surface area contributed by atoms with Crippen molar-refractivity contribution in [1.29, 1.82) is 0 Å². The van der Waals surface area contributed by atoms with Crippen LogP contribution in [0, 0.1) is 0 Å². The quantitative estimate of drug-likeness (QED) is 0.841. The number of carbonyl (C=O) groups excluding carboxylic acids is 1. The Morgan fingerprint density at radius 2 is 2.16 bits per heavy atom. The van der Waals surface area contributed by atoms with Crippen molar-refractivity contribution < 1.29 is 4.79 Å². The summed E-state index contributed by atoms with van der Waals surface area (Å²) in [6.45, 7) is 6.32. The van der Waals surface area contributed by atoms with E-state index in [1.54, 1.807) is 6.07 Å². The Bertz CT molecular complexity index is 427. The number of nitrogens with zero attached hydrogens (tertiary/aromatic N) is 1. The molecule has 1 amide bonds. The van der Waals surface area contributed by atoms with Gasteiger partial charge in [0.25, 0.3) is 0 Å². The molecule has 0 unspecified atom stereocenters. The van der Waals surface area contributed by atoms with Gasteiger partial charge >= 0.3 is 0 Å². The van der Waals surface area contributed by atoms with Gasteiger partial charge in [0.15, 0.2) is 0 Å². The summed E-state index contributed by atoms with van der Waals surface area (Å²) in [6, 6.07) is 8.30. The molecule has 1 saturated heterocycles. The third-order valence-corrected chi connectivity index (χ3v) is 3.83. The van der Waals surface area contributed by atoms with Gasteiger partial charge in [0.2, 0.25) is 5.91 Å². The second-order valence-electron chi connectivity index (χ2n) is 5.11. The highest BCUT2D eigenvalue weighted by molar-refractivity contribution is 5.92. The van der Waals surface area contributed by atoms with E-state index in [-0.39, 0.29) is 5.91 Å². The molecule has 4 nitrogen and oxygen atoms in total. The molecule has 0 aliphatic carbocycles. The van der Waals surface area contributed by atoms with Crippen molar-refractivity contribution in [2.75, 3.05) is 19.6 Å². The normalized spacial score (nSPS) is 16.7. The van der Waals surface area contributed by atoms with Gasteiger partial charge in [0.1, 0.15) is 0 Å². The fourth-order valence-corrected chi connectivity index (χ4v) is 2.73. The smallest absolute Gasteiger partial charge is 0.248 e. The zero-order chi connectivity index (χ0) is 13.7. The van der Waals surface area contributed by atoms with Gasteiger partial charge in [-0.25, -0.2) is 0 Å². The monoisotopic (exact) mass is 261 g/mol. The van der Waals surface area contributed by atoms with Crippen molar-refractivity contribution >= 4 is 5.91 Å². The molecule has 1 aromatic rings. The van der Waals surface area contributed by atoms with Crippen molar-refractivity contribution in [2.45, 2.75) is 32.4 Å². The number of piperidine rings is 1. The number of nitrogens with two attached hydrogens (primary N) is 1. The number of rotatable bonds is 5. The number of amides is 1. The fourth-order valence-electron chi connectivity index (χ4n) is 2.73. The molecule has 0 atom stereocenters. The number of nitrogens with one attached hydrogen (secondary N) is 1. The van der Waals surface area contributed by atoms with Gasteiger partial charge < -0.3 is 11.1 Å². The standard InChI is InChI=1S/C15H23N3O/c1-2-18(14-6-8-17-9-7-14)11-12-4-3-5-13(10-12)15(16)19/h3-5,10,14,17H,2,6-9,11H2,1H3,(H2,16,19). The summed E-state index contributed by atoms with van der Waals surface area (Å²) in [6.07, 6.45) is 2.40. The van der Waals surface area contributed by atoms with Crippen molar-refractivity contribution in [3.63, 3.8) is 0 Å². The predicted octanol–water partition coefficient (Wildman–Crippen LogP) is 1.36. The van der Waals surface area contributed by atoms with E-state index < -0.39 is 0 Å². The maximum absolute atomic E-state index is 11.2. The summed E-state index contributed by atoms with van der Waals surface area (Å²) in [5.41, 5.74) is 7.09. The average Bonchev–Trinajstić information content (AvgIpc) is 2.46. The number of hydrogen-bond acceptors (Lipinski definition) is 3. The zero-order valence-corrected chi connectivity index (χ0v) is 11.6. The molecule has 4 heteroatoms. The highest BCUT2D eigenvalue weighted by Gasteiger charge is 2.19. The Morgan fingerprint density at radius 1 is 1.42 bits per heavy atom. The first-order chi connectivity index (χ1) is 9.20. The maximum atomic E-state index is 11.2. The Kier molecular flexibility index (Phi) is 4.93. The second kappa shape index (κ2) is 6.68. The second-order valence-corrected chi connectivity index (χ2v) is 5.11. The summed E-state index contributed by atoms with van der Waals surface area (Å²) in [7, 11) is 0. The molecule has 3 N–H and O–H groups in total. The summed E-state index contributed by atoms with van der Waals surface area (Å²) >= 11 is 0. The molecule has 2 rings (SSSR count). The average molecular weight is 261 g/mol. The Balaban J connectivity index is 2.04. The van der Waals surface area contributed by atoms with Crippen LogP contribution in [0.5, 0.6) is 0 Å². The van der Waals surface area contributed by atoms with Gasteiger partial charge in [-0.1, -0.05) is 19.1 Å². The Morgan fingerprint density at radius 3 is 2.79 bits per heavy atom. The molecular weight excluding hydrogens is 238 g/mol. The SMILES string of the molecule is CCN(Cc1cccc(C(N)=O)c1)C1CCNCC1. The molecular formula is C15H23N3O. The number of carbonyl (C=O) groups is 1. The maximum Gasteiger partial charge on any atom is 0.248 e. The molecule has 1 aromatic carbocycles. The van der Waals surface area contributed by atoms with E-state index in [9.17, 15) is 4.79 Å². The van der Waals surface area contributed by atoms with Crippen molar-refractivity contribution in [3.8, 4) is 0 Å². The number of hydrogen-bond donors (Lipinski definition) is 2. The predicted molar refractivity (Wildman–Crippen MR) is 76.9 cm³/mol. The fraction of sp³-hybridized carbons (Fsp3) is 0.533. The highest BCUT2D eigenvalue weighted by Crippen LogP contribution is 2.16. The molecule has 0 saturated carbocycles. The Hall–Kier alpha value is -1.39. The van der Waals surface area contributed by atoms with Crippen LogP contribution in [0.1, 0.15) is 35.7 Å². The topological polar surface area (TPSA) is 58.4 Å². The summed E-state index contributed by atoms with van der Waals surface area (Å²) < 4.78 is 0.